The lowest BCUT2D eigenvalue weighted by atomic mass is 10.2. The quantitative estimate of drug-likeness (QED) is 0.768. The number of ether oxygens (including phenoxy) is 1. The molecule has 0 radical (unpaired) electrons. The summed E-state index contributed by atoms with van der Waals surface area (Å²) in [6.07, 6.45) is 0.167. The van der Waals surface area contributed by atoms with Gasteiger partial charge in [0.15, 0.2) is 0 Å². The Balaban J connectivity index is 1.75. The van der Waals surface area contributed by atoms with Crippen molar-refractivity contribution in [2.24, 2.45) is 0 Å². The predicted molar refractivity (Wildman–Crippen MR) is 96.7 cm³/mol. The van der Waals surface area contributed by atoms with Gasteiger partial charge in [-0.05, 0) is 49.7 Å². The highest BCUT2D eigenvalue weighted by atomic mass is 79.9. The molecular formula is C18H21BrN2O2. The summed E-state index contributed by atoms with van der Waals surface area (Å²) in [7, 11) is 0. The van der Waals surface area contributed by atoms with Gasteiger partial charge in [-0.25, -0.2) is 0 Å². The van der Waals surface area contributed by atoms with Crippen molar-refractivity contribution in [1.82, 2.24) is 5.32 Å². The van der Waals surface area contributed by atoms with E-state index in [-0.39, 0.29) is 18.6 Å². The molecule has 0 fully saturated rings. The van der Waals surface area contributed by atoms with E-state index in [2.05, 4.69) is 26.6 Å². The van der Waals surface area contributed by atoms with Crippen LogP contribution in [0.4, 0.5) is 5.69 Å². The molecule has 0 aliphatic rings. The van der Waals surface area contributed by atoms with Crippen molar-refractivity contribution in [1.29, 1.82) is 0 Å². The van der Waals surface area contributed by atoms with Crippen LogP contribution >= 0.6 is 15.9 Å². The number of hydrogen-bond acceptors (Lipinski definition) is 3. The Morgan fingerprint density at radius 2 is 1.91 bits per heavy atom. The first-order chi connectivity index (χ1) is 11.0. The molecule has 0 heterocycles. The van der Waals surface area contributed by atoms with Crippen molar-refractivity contribution >= 4 is 27.5 Å². The molecule has 0 aliphatic heterocycles. The van der Waals surface area contributed by atoms with Crippen LogP contribution in [0.25, 0.3) is 0 Å². The van der Waals surface area contributed by atoms with Crippen molar-refractivity contribution < 1.29 is 9.53 Å². The lowest BCUT2D eigenvalue weighted by Crippen LogP contribution is -2.27. The van der Waals surface area contributed by atoms with Crippen LogP contribution < -0.4 is 15.4 Å². The highest BCUT2D eigenvalue weighted by molar-refractivity contribution is 9.10. The summed E-state index contributed by atoms with van der Waals surface area (Å²) >= 11 is 3.38. The summed E-state index contributed by atoms with van der Waals surface area (Å²) in [6.45, 7) is 4.89. The minimum Gasteiger partial charge on any atom is -0.491 e. The molecule has 2 aromatic carbocycles. The molecule has 2 aromatic rings. The fraction of sp³-hybridized carbons (Fsp3) is 0.278. The number of carbonyl (C=O) groups is 1. The Kier molecular flexibility index (Phi) is 6.62. The maximum absolute atomic E-state index is 11.9. The number of halogens is 1. The molecule has 0 atom stereocenters. The van der Waals surface area contributed by atoms with Crippen molar-refractivity contribution in [2.45, 2.75) is 26.5 Å². The molecule has 0 unspecified atom stereocenters. The monoisotopic (exact) mass is 376 g/mol. The minimum atomic E-state index is -0.0668. The fourth-order valence-corrected chi connectivity index (χ4v) is 2.45. The summed E-state index contributed by atoms with van der Waals surface area (Å²) < 4.78 is 6.54. The van der Waals surface area contributed by atoms with E-state index in [0.717, 1.165) is 21.5 Å². The van der Waals surface area contributed by atoms with E-state index >= 15 is 0 Å². The molecule has 2 N–H and O–H groups in total. The van der Waals surface area contributed by atoms with Crippen molar-refractivity contribution in [2.75, 3.05) is 11.9 Å². The smallest absolute Gasteiger partial charge is 0.238 e. The summed E-state index contributed by atoms with van der Waals surface area (Å²) in [4.78, 5) is 11.9. The van der Waals surface area contributed by atoms with E-state index in [9.17, 15) is 4.79 Å². The van der Waals surface area contributed by atoms with Crippen LogP contribution in [0.15, 0.2) is 53.0 Å². The number of amides is 1. The van der Waals surface area contributed by atoms with E-state index < -0.39 is 0 Å². The van der Waals surface area contributed by atoms with Gasteiger partial charge in [0.1, 0.15) is 5.75 Å². The molecule has 122 valence electrons. The number of carbonyl (C=O) groups excluding carboxylic acids is 1. The van der Waals surface area contributed by atoms with E-state index in [0.29, 0.717) is 6.54 Å². The highest BCUT2D eigenvalue weighted by Crippen LogP contribution is 2.15. The van der Waals surface area contributed by atoms with Gasteiger partial charge in [0.25, 0.3) is 0 Å². The average molecular weight is 377 g/mol. The van der Waals surface area contributed by atoms with Crippen LogP contribution in [0.2, 0.25) is 0 Å². The average Bonchev–Trinajstić information content (AvgIpc) is 2.48. The summed E-state index contributed by atoms with van der Waals surface area (Å²) in [6, 6.07) is 15.4. The normalized spacial score (nSPS) is 10.6. The Bertz CT molecular complexity index is 642. The molecular weight excluding hydrogens is 356 g/mol. The van der Waals surface area contributed by atoms with Crippen molar-refractivity contribution in [3.05, 3.63) is 58.6 Å². The van der Waals surface area contributed by atoms with Gasteiger partial charge in [-0.2, -0.15) is 0 Å². The minimum absolute atomic E-state index is 0.0668. The summed E-state index contributed by atoms with van der Waals surface area (Å²) in [5.41, 5.74) is 1.89. The second-order valence-electron chi connectivity index (χ2n) is 5.47. The molecule has 0 aliphatic carbocycles. The van der Waals surface area contributed by atoms with Crippen LogP contribution in [-0.2, 0) is 11.3 Å². The van der Waals surface area contributed by atoms with E-state index in [1.807, 2.05) is 62.4 Å². The number of rotatable bonds is 7. The molecule has 0 saturated heterocycles. The molecule has 4 nitrogen and oxygen atoms in total. The summed E-state index contributed by atoms with van der Waals surface area (Å²) in [5, 5.41) is 5.98. The first-order valence-electron chi connectivity index (χ1n) is 7.54. The van der Waals surface area contributed by atoms with Gasteiger partial charge in [0, 0.05) is 16.7 Å². The molecule has 0 spiro atoms. The van der Waals surface area contributed by atoms with Crippen molar-refractivity contribution in [3.8, 4) is 5.75 Å². The molecule has 2 rings (SSSR count). The first kappa shape index (κ1) is 17.5. The van der Waals surface area contributed by atoms with E-state index in [1.165, 1.54) is 0 Å². The highest BCUT2D eigenvalue weighted by Gasteiger charge is 2.03. The van der Waals surface area contributed by atoms with Crippen LogP contribution in [0.5, 0.6) is 5.75 Å². The SMILES string of the molecule is CC(C)Oc1ccc(CNCC(=O)Nc2cccc(Br)c2)cc1. The van der Waals surface area contributed by atoms with Crippen molar-refractivity contribution in [3.63, 3.8) is 0 Å². The molecule has 23 heavy (non-hydrogen) atoms. The number of anilines is 1. The number of benzene rings is 2. The summed E-state index contributed by atoms with van der Waals surface area (Å²) in [5.74, 6) is 0.791. The second kappa shape index (κ2) is 8.70. The zero-order valence-electron chi connectivity index (χ0n) is 13.3. The lowest BCUT2D eigenvalue weighted by Gasteiger charge is -2.10. The van der Waals surface area contributed by atoms with Gasteiger partial charge >= 0.3 is 0 Å². The van der Waals surface area contributed by atoms with Gasteiger partial charge in [-0.3, -0.25) is 4.79 Å². The largest absolute Gasteiger partial charge is 0.491 e. The maximum Gasteiger partial charge on any atom is 0.238 e. The molecule has 0 aromatic heterocycles. The van der Waals surface area contributed by atoms with Gasteiger partial charge in [-0.1, -0.05) is 34.1 Å². The van der Waals surface area contributed by atoms with E-state index in [4.69, 9.17) is 4.74 Å². The van der Waals surface area contributed by atoms with Gasteiger partial charge in [-0.15, -0.1) is 0 Å². The standard InChI is InChI=1S/C18H21BrN2O2/c1-13(2)23-17-8-6-14(7-9-17)11-20-12-18(22)21-16-5-3-4-15(19)10-16/h3-10,13,20H,11-12H2,1-2H3,(H,21,22). The third kappa shape index (κ3) is 6.42. The molecule has 5 heteroatoms. The van der Waals surface area contributed by atoms with Crippen LogP contribution in [0.3, 0.4) is 0 Å². The Morgan fingerprint density at radius 1 is 1.17 bits per heavy atom. The third-order valence-corrected chi connectivity index (χ3v) is 3.51. The lowest BCUT2D eigenvalue weighted by molar-refractivity contribution is -0.115. The van der Waals surface area contributed by atoms with Crippen LogP contribution in [0.1, 0.15) is 19.4 Å². The van der Waals surface area contributed by atoms with E-state index in [1.54, 1.807) is 0 Å². The Hall–Kier alpha value is -1.85. The van der Waals surface area contributed by atoms with Gasteiger partial charge < -0.3 is 15.4 Å². The zero-order valence-corrected chi connectivity index (χ0v) is 14.9. The number of hydrogen-bond donors (Lipinski definition) is 2. The zero-order chi connectivity index (χ0) is 16.7. The Morgan fingerprint density at radius 3 is 2.57 bits per heavy atom. The topological polar surface area (TPSA) is 50.4 Å². The van der Waals surface area contributed by atoms with Crippen LogP contribution in [-0.4, -0.2) is 18.6 Å². The van der Waals surface area contributed by atoms with Gasteiger partial charge in [0.05, 0.1) is 12.6 Å². The fourth-order valence-electron chi connectivity index (χ4n) is 2.05. The second-order valence-corrected chi connectivity index (χ2v) is 6.39. The van der Waals surface area contributed by atoms with Crippen LogP contribution in [0, 0.1) is 0 Å². The first-order valence-corrected chi connectivity index (χ1v) is 8.34. The Labute approximate surface area is 145 Å². The predicted octanol–water partition coefficient (Wildman–Crippen LogP) is 3.96. The maximum atomic E-state index is 11.9. The number of nitrogens with one attached hydrogen (secondary N) is 2. The molecule has 0 bridgehead atoms. The third-order valence-electron chi connectivity index (χ3n) is 3.02. The molecule has 1 amide bonds. The molecule has 0 saturated carbocycles. The van der Waals surface area contributed by atoms with Gasteiger partial charge in [0.2, 0.25) is 5.91 Å².